The van der Waals surface area contributed by atoms with E-state index < -0.39 is 0 Å². The van der Waals surface area contributed by atoms with Crippen LogP contribution in [0.25, 0.3) is 0 Å². The van der Waals surface area contributed by atoms with Crippen LogP contribution in [0.15, 0.2) is 10.9 Å². The van der Waals surface area contributed by atoms with Crippen LogP contribution in [0.1, 0.15) is 48.5 Å². The summed E-state index contributed by atoms with van der Waals surface area (Å²) in [5.74, 6) is 0. The first kappa shape index (κ1) is 13.8. The number of hydrogen-bond donors (Lipinski definition) is 1. The summed E-state index contributed by atoms with van der Waals surface area (Å²) in [6.45, 7) is 1.88. The van der Waals surface area contributed by atoms with Crippen molar-refractivity contribution < 1.29 is 0 Å². The average molecular weight is 291 g/mol. The Hall–Kier alpha value is -1.20. The van der Waals surface area contributed by atoms with Gasteiger partial charge in [0.25, 0.3) is 5.56 Å². The third-order valence-electron chi connectivity index (χ3n) is 4.56. The Morgan fingerprint density at radius 2 is 2.10 bits per heavy atom. The first-order chi connectivity index (χ1) is 9.58. The van der Waals surface area contributed by atoms with Gasteiger partial charge in [-0.15, -0.1) is 0 Å². The van der Waals surface area contributed by atoms with Gasteiger partial charge in [0.1, 0.15) is 4.99 Å². The topological polar surface area (TPSA) is 51.3 Å². The van der Waals surface area contributed by atoms with Crippen molar-refractivity contribution in [2.24, 2.45) is 5.73 Å². The fourth-order valence-corrected chi connectivity index (χ4v) is 3.68. The van der Waals surface area contributed by atoms with Crippen molar-refractivity contribution in [1.82, 2.24) is 9.47 Å². The van der Waals surface area contributed by atoms with Crippen molar-refractivity contribution in [1.29, 1.82) is 0 Å². The molecule has 2 heterocycles. The number of nitrogens with two attached hydrogens (primary N) is 1. The van der Waals surface area contributed by atoms with Crippen LogP contribution in [-0.4, -0.2) is 28.0 Å². The SMILES string of the molecule is CN1CCc2c(cc(C(N)=S)c(=O)n2C2CCCC2)C1. The van der Waals surface area contributed by atoms with Gasteiger partial charge in [-0.25, -0.2) is 0 Å². The third kappa shape index (κ3) is 2.29. The smallest absolute Gasteiger partial charge is 0.261 e. The number of aromatic nitrogens is 1. The zero-order chi connectivity index (χ0) is 14.3. The molecule has 1 aromatic heterocycles. The summed E-state index contributed by atoms with van der Waals surface area (Å²) in [4.78, 5) is 15.2. The molecule has 3 rings (SSSR count). The molecular weight excluding hydrogens is 270 g/mol. The van der Waals surface area contributed by atoms with Crippen LogP contribution in [0.4, 0.5) is 0 Å². The van der Waals surface area contributed by atoms with Gasteiger partial charge in [0.2, 0.25) is 0 Å². The third-order valence-corrected chi connectivity index (χ3v) is 4.78. The van der Waals surface area contributed by atoms with Crippen molar-refractivity contribution in [3.05, 3.63) is 33.2 Å². The van der Waals surface area contributed by atoms with Gasteiger partial charge in [-0.05, 0) is 31.5 Å². The van der Waals surface area contributed by atoms with Crippen molar-refractivity contribution in [3.63, 3.8) is 0 Å². The zero-order valence-corrected chi connectivity index (χ0v) is 12.7. The fourth-order valence-electron chi connectivity index (χ4n) is 3.54. The summed E-state index contributed by atoms with van der Waals surface area (Å²) in [5.41, 5.74) is 8.71. The molecule has 0 amide bonds. The molecule has 2 aliphatic rings. The standard InChI is InChI=1S/C15H21N3OS/c1-17-7-6-13-10(9-17)8-12(14(16)20)15(19)18(13)11-4-2-3-5-11/h8,11H,2-7,9H2,1H3,(H2,16,20). The highest BCUT2D eigenvalue weighted by molar-refractivity contribution is 7.80. The van der Waals surface area contributed by atoms with Crippen molar-refractivity contribution in [2.75, 3.05) is 13.6 Å². The van der Waals surface area contributed by atoms with Crippen LogP contribution >= 0.6 is 12.2 Å². The Bertz CT molecular complexity index is 602. The largest absolute Gasteiger partial charge is 0.389 e. The first-order valence-corrected chi connectivity index (χ1v) is 7.74. The number of pyridine rings is 1. The lowest BCUT2D eigenvalue weighted by atomic mass is 10.0. The van der Waals surface area contributed by atoms with Crippen LogP contribution in [-0.2, 0) is 13.0 Å². The monoisotopic (exact) mass is 291 g/mol. The van der Waals surface area contributed by atoms with Gasteiger partial charge >= 0.3 is 0 Å². The highest BCUT2D eigenvalue weighted by Crippen LogP contribution is 2.31. The number of hydrogen-bond acceptors (Lipinski definition) is 3. The predicted molar refractivity (Wildman–Crippen MR) is 84.1 cm³/mol. The van der Waals surface area contributed by atoms with Gasteiger partial charge < -0.3 is 15.2 Å². The van der Waals surface area contributed by atoms with E-state index in [1.165, 1.54) is 24.1 Å². The highest BCUT2D eigenvalue weighted by Gasteiger charge is 2.26. The Balaban J connectivity index is 2.19. The molecule has 2 N–H and O–H groups in total. The minimum atomic E-state index is 0.0210. The lowest BCUT2D eigenvalue weighted by Gasteiger charge is -2.30. The molecule has 20 heavy (non-hydrogen) atoms. The van der Waals surface area contributed by atoms with E-state index in [-0.39, 0.29) is 10.5 Å². The molecule has 4 nitrogen and oxygen atoms in total. The first-order valence-electron chi connectivity index (χ1n) is 7.33. The molecule has 5 heteroatoms. The van der Waals surface area contributed by atoms with Crippen molar-refractivity contribution >= 4 is 17.2 Å². The van der Waals surface area contributed by atoms with E-state index in [1.54, 1.807) is 0 Å². The fraction of sp³-hybridized carbons (Fsp3) is 0.600. The molecule has 0 spiro atoms. The van der Waals surface area contributed by atoms with Crippen LogP contribution in [0, 0.1) is 0 Å². The Labute approximate surface area is 124 Å². The quantitative estimate of drug-likeness (QED) is 0.841. The zero-order valence-electron chi connectivity index (χ0n) is 11.9. The number of nitrogens with zero attached hydrogens (tertiary/aromatic N) is 2. The van der Waals surface area contributed by atoms with Gasteiger partial charge in [-0.3, -0.25) is 4.79 Å². The maximum atomic E-state index is 12.7. The van der Waals surface area contributed by atoms with Crippen molar-refractivity contribution in [3.8, 4) is 0 Å². The van der Waals surface area contributed by atoms with Crippen LogP contribution in [0.2, 0.25) is 0 Å². The maximum Gasteiger partial charge on any atom is 0.261 e. The molecule has 1 aliphatic heterocycles. The molecule has 1 aromatic rings. The molecule has 0 aromatic carbocycles. The molecule has 1 fully saturated rings. The van der Waals surface area contributed by atoms with E-state index in [2.05, 4.69) is 11.9 Å². The summed E-state index contributed by atoms with van der Waals surface area (Å²) in [7, 11) is 2.11. The second kappa shape index (κ2) is 5.30. The van der Waals surface area contributed by atoms with Gasteiger partial charge in [0.05, 0.1) is 5.56 Å². The number of likely N-dealkylation sites (N-methyl/N-ethyl adjacent to an activating group) is 1. The van der Waals surface area contributed by atoms with E-state index in [0.717, 1.165) is 32.4 Å². The minimum Gasteiger partial charge on any atom is -0.389 e. The highest BCUT2D eigenvalue weighted by atomic mass is 32.1. The van der Waals surface area contributed by atoms with Crippen LogP contribution < -0.4 is 11.3 Å². The average Bonchev–Trinajstić information content (AvgIpc) is 2.91. The summed E-state index contributed by atoms with van der Waals surface area (Å²) in [6, 6.07) is 2.26. The number of fused-ring (bicyclic) bond motifs is 1. The summed E-state index contributed by atoms with van der Waals surface area (Å²) in [5, 5.41) is 0. The molecule has 0 saturated heterocycles. The molecule has 108 valence electrons. The number of thiocarbonyl (C=S) groups is 1. The molecule has 0 atom stereocenters. The van der Waals surface area contributed by atoms with Crippen LogP contribution in [0.3, 0.4) is 0 Å². The second-order valence-electron chi connectivity index (χ2n) is 6.00. The second-order valence-corrected chi connectivity index (χ2v) is 6.44. The van der Waals surface area contributed by atoms with Crippen molar-refractivity contribution in [2.45, 2.75) is 44.7 Å². The van der Waals surface area contributed by atoms with E-state index in [0.29, 0.717) is 11.6 Å². The Morgan fingerprint density at radius 1 is 1.40 bits per heavy atom. The summed E-state index contributed by atoms with van der Waals surface area (Å²) < 4.78 is 2.02. The predicted octanol–water partition coefficient (Wildman–Crippen LogP) is 1.59. The van der Waals surface area contributed by atoms with Gasteiger partial charge in [0, 0.05) is 31.2 Å². The lowest BCUT2D eigenvalue weighted by Crippen LogP contribution is -2.38. The normalized spacial score (nSPS) is 20.1. The summed E-state index contributed by atoms with van der Waals surface area (Å²) in [6.07, 6.45) is 5.56. The minimum absolute atomic E-state index is 0.0210. The molecular formula is C15H21N3OS. The molecule has 0 radical (unpaired) electrons. The molecule has 0 bridgehead atoms. The Morgan fingerprint density at radius 3 is 2.75 bits per heavy atom. The van der Waals surface area contributed by atoms with Gasteiger partial charge in [-0.2, -0.15) is 0 Å². The Kier molecular flexibility index (Phi) is 3.65. The van der Waals surface area contributed by atoms with Gasteiger partial charge in [-0.1, -0.05) is 25.1 Å². The van der Waals surface area contributed by atoms with E-state index >= 15 is 0 Å². The van der Waals surface area contributed by atoms with Crippen LogP contribution in [0.5, 0.6) is 0 Å². The van der Waals surface area contributed by atoms with E-state index in [4.69, 9.17) is 18.0 Å². The van der Waals surface area contributed by atoms with E-state index in [1.807, 2.05) is 10.6 Å². The molecule has 0 unspecified atom stereocenters. The lowest BCUT2D eigenvalue weighted by molar-refractivity contribution is 0.299. The maximum absolute atomic E-state index is 12.7. The summed E-state index contributed by atoms with van der Waals surface area (Å²) >= 11 is 5.07. The van der Waals surface area contributed by atoms with E-state index in [9.17, 15) is 4.79 Å². The number of rotatable bonds is 2. The molecule has 1 aliphatic carbocycles. The van der Waals surface area contributed by atoms with Gasteiger partial charge in [0.15, 0.2) is 0 Å². The molecule has 1 saturated carbocycles.